The maximum absolute atomic E-state index is 9.60. The van der Waals surface area contributed by atoms with Gasteiger partial charge in [0, 0.05) is 17.3 Å². The van der Waals surface area contributed by atoms with Crippen LogP contribution in [0.3, 0.4) is 0 Å². The zero-order valence-electron chi connectivity index (χ0n) is 15.4. The van der Waals surface area contributed by atoms with Crippen molar-refractivity contribution in [3.05, 3.63) is 36.0 Å². The number of nitriles is 1. The molecule has 0 aliphatic heterocycles. The molecule has 9 nitrogen and oxygen atoms in total. The third-order valence-electron chi connectivity index (χ3n) is 4.37. The second kappa shape index (κ2) is 6.92. The Bertz CT molecular complexity index is 1230. The van der Waals surface area contributed by atoms with Crippen LogP contribution in [0, 0.1) is 11.3 Å². The topological polar surface area (TPSA) is 118 Å². The molecule has 0 aliphatic rings. The highest BCUT2D eigenvalue weighted by atomic mass is 16.5. The Morgan fingerprint density at radius 2 is 1.79 bits per heavy atom. The molecule has 0 aliphatic carbocycles. The lowest BCUT2D eigenvalue weighted by molar-refractivity contribution is 0.327. The minimum atomic E-state index is 0.377. The van der Waals surface area contributed by atoms with E-state index in [1.165, 1.54) is 27.5 Å². The van der Waals surface area contributed by atoms with Crippen molar-refractivity contribution in [2.45, 2.75) is 0 Å². The fraction of sp³-hybridized carbons (Fsp3) is 0.158. The molecule has 2 N–H and O–H groups in total. The number of benzene rings is 2. The van der Waals surface area contributed by atoms with Crippen molar-refractivity contribution in [2.75, 3.05) is 26.6 Å². The van der Waals surface area contributed by atoms with Gasteiger partial charge in [0.05, 0.1) is 32.6 Å². The van der Waals surface area contributed by atoms with E-state index in [2.05, 4.69) is 31.8 Å². The van der Waals surface area contributed by atoms with Gasteiger partial charge in [-0.2, -0.15) is 20.7 Å². The van der Waals surface area contributed by atoms with Crippen molar-refractivity contribution in [1.82, 2.24) is 20.4 Å². The van der Waals surface area contributed by atoms with E-state index >= 15 is 0 Å². The first-order chi connectivity index (χ1) is 13.7. The van der Waals surface area contributed by atoms with Gasteiger partial charge in [-0.15, -0.1) is 0 Å². The van der Waals surface area contributed by atoms with Crippen molar-refractivity contribution in [2.24, 2.45) is 0 Å². The average Bonchev–Trinajstić information content (AvgIpc) is 3.20. The number of hydrogen-bond acceptors (Lipinski definition) is 8. The monoisotopic (exact) mass is 376 g/mol. The van der Waals surface area contributed by atoms with E-state index in [-0.39, 0.29) is 0 Å². The number of anilines is 2. The Balaban J connectivity index is 1.96. The van der Waals surface area contributed by atoms with Crippen LogP contribution < -0.4 is 19.5 Å². The maximum atomic E-state index is 9.60. The molecule has 2 heterocycles. The minimum Gasteiger partial charge on any atom is -0.493 e. The highest BCUT2D eigenvalue weighted by molar-refractivity contribution is 6.01. The van der Waals surface area contributed by atoms with Gasteiger partial charge in [-0.3, -0.25) is 4.98 Å². The summed E-state index contributed by atoms with van der Waals surface area (Å²) < 4.78 is 16.4. The van der Waals surface area contributed by atoms with Crippen molar-refractivity contribution >= 4 is 33.3 Å². The summed E-state index contributed by atoms with van der Waals surface area (Å²) in [6.45, 7) is 0. The van der Waals surface area contributed by atoms with E-state index in [9.17, 15) is 5.26 Å². The summed E-state index contributed by atoms with van der Waals surface area (Å²) in [5.74, 6) is 1.33. The molecule has 9 heteroatoms. The predicted octanol–water partition coefficient (Wildman–Crippen LogP) is 3.15. The summed E-state index contributed by atoms with van der Waals surface area (Å²) in [6.07, 6.45) is 1.49. The van der Waals surface area contributed by atoms with Crippen LogP contribution in [0.2, 0.25) is 0 Å². The third kappa shape index (κ3) is 2.68. The normalized spacial score (nSPS) is 10.6. The van der Waals surface area contributed by atoms with Crippen molar-refractivity contribution in [3.63, 3.8) is 0 Å². The molecule has 2 aromatic heterocycles. The second-order valence-corrected chi connectivity index (χ2v) is 5.85. The molecule has 4 rings (SSSR count). The third-order valence-corrected chi connectivity index (χ3v) is 4.37. The first kappa shape index (κ1) is 17.4. The van der Waals surface area contributed by atoms with Gasteiger partial charge >= 0.3 is 0 Å². The fourth-order valence-corrected chi connectivity index (χ4v) is 3.08. The van der Waals surface area contributed by atoms with Crippen LogP contribution >= 0.6 is 0 Å². The number of fused-ring (bicyclic) bond motifs is 2. The molecule has 0 bridgehead atoms. The van der Waals surface area contributed by atoms with Crippen LogP contribution in [0.25, 0.3) is 21.9 Å². The van der Waals surface area contributed by atoms with Crippen LogP contribution in [-0.4, -0.2) is 41.7 Å². The van der Waals surface area contributed by atoms with E-state index in [4.69, 9.17) is 14.2 Å². The zero-order valence-corrected chi connectivity index (χ0v) is 15.4. The Morgan fingerprint density at radius 1 is 1.00 bits per heavy atom. The van der Waals surface area contributed by atoms with E-state index in [1.807, 2.05) is 18.2 Å². The molecule has 28 heavy (non-hydrogen) atoms. The van der Waals surface area contributed by atoms with Crippen molar-refractivity contribution < 1.29 is 14.2 Å². The molecule has 4 aromatic rings. The van der Waals surface area contributed by atoms with Crippen molar-refractivity contribution in [1.29, 1.82) is 5.26 Å². The number of nitrogens with zero attached hydrogens (tertiary/aromatic N) is 4. The van der Waals surface area contributed by atoms with Crippen LogP contribution in [0.15, 0.2) is 30.5 Å². The average molecular weight is 376 g/mol. The number of nitrogens with one attached hydrogen (secondary N) is 2. The summed E-state index contributed by atoms with van der Waals surface area (Å²) in [7, 11) is 4.60. The smallest absolute Gasteiger partial charge is 0.205 e. The Kier molecular flexibility index (Phi) is 4.29. The van der Waals surface area contributed by atoms with Gasteiger partial charge in [0.15, 0.2) is 11.5 Å². The lowest BCUT2D eigenvalue weighted by atomic mass is 10.1. The molecular formula is C19H16N6O3. The lowest BCUT2D eigenvalue weighted by Crippen LogP contribution is -2.01. The van der Waals surface area contributed by atoms with E-state index in [1.54, 1.807) is 6.07 Å². The first-order valence-electron chi connectivity index (χ1n) is 8.29. The van der Waals surface area contributed by atoms with Gasteiger partial charge < -0.3 is 19.5 Å². The number of H-pyrrole nitrogens is 1. The van der Waals surface area contributed by atoms with Crippen LogP contribution in [0.4, 0.5) is 11.4 Å². The van der Waals surface area contributed by atoms with Crippen molar-refractivity contribution in [3.8, 4) is 23.3 Å². The molecule has 0 atom stereocenters. The quantitative estimate of drug-likeness (QED) is 0.545. The lowest BCUT2D eigenvalue weighted by Gasteiger charge is -2.17. The standard InChI is InChI=1S/C19H16N6O3/c1-26-15-7-12-16(22-11-4-5-13-14(6-11)24-25-23-13)10(8-20)9-21-17(12)19(28-3)18(15)27-2/h4-7,9H,1-3H3,(H,21,22)(H,23,24,25). The predicted molar refractivity (Wildman–Crippen MR) is 103 cm³/mol. The van der Waals surface area contributed by atoms with Gasteiger partial charge in [-0.05, 0) is 24.3 Å². The molecule has 2 aromatic carbocycles. The van der Waals surface area contributed by atoms with Crippen LogP contribution in [-0.2, 0) is 0 Å². The molecule has 0 spiro atoms. The summed E-state index contributed by atoms with van der Waals surface area (Å²) in [5.41, 5.74) is 3.71. The minimum absolute atomic E-state index is 0.377. The SMILES string of the molecule is COc1cc2c(Nc3ccc4n[nH]nc4c3)c(C#N)cnc2c(OC)c1OC. The fourth-order valence-electron chi connectivity index (χ4n) is 3.08. The Morgan fingerprint density at radius 3 is 2.50 bits per heavy atom. The van der Waals surface area contributed by atoms with Gasteiger partial charge in [0.2, 0.25) is 5.75 Å². The first-order valence-corrected chi connectivity index (χ1v) is 8.29. The maximum Gasteiger partial charge on any atom is 0.205 e. The summed E-state index contributed by atoms with van der Waals surface area (Å²) in [6, 6.07) is 9.47. The zero-order chi connectivity index (χ0) is 19.7. The number of rotatable bonds is 5. The van der Waals surface area contributed by atoms with E-state index in [0.717, 1.165) is 11.2 Å². The number of hydrogen-bond donors (Lipinski definition) is 2. The van der Waals surface area contributed by atoms with Gasteiger partial charge in [0.25, 0.3) is 0 Å². The number of aromatic nitrogens is 4. The second-order valence-electron chi connectivity index (χ2n) is 5.85. The van der Waals surface area contributed by atoms with Gasteiger partial charge in [-0.1, -0.05) is 0 Å². The molecule has 0 radical (unpaired) electrons. The number of ether oxygens (including phenoxy) is 3. The van der Waals surface area contributed by atoms with E-state index in [0.29, 0.717) is 44.9 Å². The molecule has 0 amide bonds. The summed E-state index contributed by atoms with van der Waals surface area (Å²) in [5, 5.41) is 24.3. The Labute approximate surface area is 159 Å². The van der Waals surface area contributed by atoms with Gasteiger partial charge in [0.1, 0.15) is 22.6 Å². The molecule has 140 valence electrons. The summed E-state index contributed by atoms with van der Waals surface area (Å²) in [4.78, 5) is 4.40. The molecule has 0 unspecified atom stereocenters. The van der Waals surface area contributed by atoms with Gasteiger partial charge in [-0.25, -0.2) is 0 Å². The number of methoxy groups -OCH3 is 3. The highest BCUT2D eigenvalue weighted by Crippen LogP contribution is 2.45. The molecule has 0 fully saturated rings. The number of pyridine rings is 1. The van der Waals surface area contributed by atoms with Crippen LogP contribution in [0.1, 0.15) is 5.56 Å². The number of aromatic amines is 1. The molecule has 0 saturated carbocycles. The van der Waals surface area contributed by atoms with Crippen LogP contribution in [0.5, 0.6) is 17.2 Å². The Hall–Kier alpha value is -4.06. The van der Waals surface area contributed by atoms with E-state index < -0.39 is 0 Å². The summed E-state index contributed by atoms with van der Waals surface area (Å²) >= 11 is 0. The molecule has 0 saturated heterocycles. The largest absolute Gasteiger partial charge is 0.493 e. The molecular weight excluding hydrogens is 360 g/mol. The highest BCUT2D eigenvalue weighted by Gasteiger charge is 2.21.